The number of anilines is 2. The van der Waals surface area contributed by atoms with Crippen LogP contribution in [0.15, 0.2) is 36.5 Å². The van der Waals surface area contributed by atoms with Gasteiger partial charge in [0.25, 0.3) is 0 Å². The van der Waals surface area contributed by atoms with Crippen molar-refractivity contribution in [1.29, 1.82) is 0 Å². The Hall–Kier alpha value is -3.56. The lowest BCUT2D eigenvalue weighted by Crippen LogP contribution is -2.35. The van der Waals surface area contributed by atoms with E-state index < -0.39 is 6.61 Å². The number of carbonyl (C=O) groups excluding carboxylic acids is 1. The molecule has 3 heterocycles. The van der Waals surface area contributed by atoms with Gasteiger partial charge in [-0.15, -0.1) is 0 Å². The number of hydrogen-bond donors (Lipinski definition) is 2. The van der Waals surface area contributed by atoms with Crippen LogP contribution < -0.4 is 20.3 Å². The molecule has 8 nitrogen and oxygen atoms in total. The molecule has 1 aliphatic heterocycles. The van der Waals surface area contributed by atoms with Gasteiger partial charge in [0, 0.05) is 37.0 Å². The van der Waals surface area contributed by atoms with Crippen LogP contribution in [0.25, 0.3) is 10.9 Å². The molecule has 0 spiro atoms. The summed E-state index contributed by atoms with van der Waals surface area (Å²) in [7, 11) is 0. The zero-order valence-corrected chi connectivity index (χ0v) is 18.7. The van der Waals surface area contributed by atoms with Crippen LogP contribution in [0.3, 0.4) is 0 Å². The smallest absolute Gasteiger partial charge is 0.387 e. The number of aryl methyl sites for hydroxylation is 1. The highest BCUT2D eigenvalue weighted by molar-refractivity contribution is 5.90. The van der Waals surface area contributed by atoms with Crippen molar-refractivity contribution in [2.45, 2.75) is 45.9 Å². The summed E-state index contributed by atoms with van der Waals surface area (Å²) in [5.41, 5.74) is 1.27. The summed E-state index contributed by atoms with van der Waals surface area (Å²) in [6.07, 6.45) is 2.54. The lowest BCUT2D eigenvalue weighted by molar-refractivity contribution is -0.119. The molecule has 2 atom stereocenters. The fraction of sp³-hybridized carbons (Fsp3) is 0.391. The van der Waals surface area contributed by atoms with Gasteiger partial charge in [-0.1, -0.05) is 18.2 Å². The first-order valence-electron chi connectivity index (χ1n) is 10.8. The third kappa shape index (κ3) is 5.27. The molecule has 0 radical (unpaired) electrons. The molecule has 0 saturated carbocycles. The fourth-order valence-electron chi connectivity index (χ4n) is 4.12. The number of aromatic nitrogens is 3. The minimum atomic E-state index is -2.91. The molecule has 0 aliphatic carbocycles. The predicted octanol–water partition coefficient (Wildman–Crippen LogP) is 3.82. The first-order chi connectivity index (χ1) is 15.8. The van der Waals surface area contributed by atoms with E-state index in [1.165, 1.54) is 13.0 Å². The van der Waals surface area contributed by atoms with Crippen LogP contribution in [0.4, 0.5) is 20.4 Å². The molecule has 2 N–H and O–H groups in total. The van der Waals surface area contributed by atoms with Gasteiger partial charge < -0.3 is 20.3 Å². The van der Waals surface area contributed by atoms with E-state index in [9.17, 15) is 13.6 Å². The van der Waals surface area contributed by atoms with E-state index in [1.54, 1.807) is 31.3 Å². The van der Waals surface area contributed by atoms with Gasteiger partial charge in [-0.3, -0.25) is 4.79 Å². The van der Waals surface area contributed by atoms with Crippen LogP contribution in [0.2, 0.25) is 0 Å². The molecule has 1 amide bonds. The largest absolute Gasteiger partial charge is 0.434 e. The second-order valence-electron chi connectivity index (χ2n) is 8.09. The fourth-order valence-corrected chi connectivity index (χ4v) is 4.12. The van der Waals surface area contributed by atoms with Crippen LogP contribution >= 0.6 is 0 Å². The maximum Gasteiger partial charge on any atom is 0.387 e. The molecule has 33 heavy (non-hydrogen) atoms. The number of nitrogens with zero attached hydrogens (tertiary/aromatic N) is 4. The van der Waals surface area contributed by atoms with Crippen molar-refractivity contribution in [3.8, 4) is 5.75 Å². The second kappa shape index (κ2) is 9.51. The number of halogens is 2. The topological polar surface area (TPSA) is 92.3 Å². The van der Waals surface area contributed by atoms with E-state index in [1.807, 2.05) is 13.0 Å². The number of nitrogens with one attached hydrogen (secondary N) is 2. The molecule has 0 bridgehead atoms. The quantitative estimate of drug-likeness (QED) is 0.558. The lowest BCUT2D eigenvalue weighted by Gasteiger charge is -2.21. The minimum absolute atomic E-state index is 0.0474. The third-order valence-corrected chi connectivity index (χ3v) is 5.55. The average molecular weight is 456 g/mol. The first kappa shape index (κ1) is 22.6. The molecule has 10 heteroatoms. The van der Waals surface area contributed by atoms with Crippen molar-refractivity contribution in [1.82, 2.24) is 20.3 Å². The number of rotatable bonds is 7. The highest BCUT2D eigenvalue weighted by Crippen LogP contribution is 2.32. The molecule has 1 fully saturated rings. The van der Waals surface area contributed by atoms with Crippen LogP contribution in [-0.4, -0.2) is 46.6 Å². The van der Waals surface area contributed by atoms with Crippen molar-refractivity contribution in [2.75, 3.05) is 23.3 Å². The standard InChI is InChI=1S/C23H26F2N6O2/c1-13(17-6-4-5-7-20(17)33-23(24)25)27-22-18-10-21(26-11-19(18)28-14(2)29-22)31-9-8-16(12-31)30-15(3)32/h4-7,10-11,13,16,23H,8-9,12H2,1-3H3,(H,30,32)(H,27,28,29)/t13-,16-/m1/s1. The Morgan fingerprint density at radius 3 is 2.82 bits per heavy atom. The van der Waals surface area contributed by atoms with Gasteiger partial charge in [0.15, 0.2) is 0 Å². The zero-order valence-electron chi connectivity index (χ0n) is 18.7. The Morgan fingerprint density at radius 2 is 2.06 bits per heavy atom. The lowest BCUT2D eigenvalue weighted by atomic mass is 10.1. The molecule has 4 rings (SSSR count). The van der Waals surface area contributed by atoms with Gasteiger partial charge in [0.05, 0.1) is 17.8 Å². The van der Waals surface area contributed by atoms with Crippen molar-refractivity contribution >= 4 is 28.4 Å². The van der Waals surface area contributed by atoms with Crippen LogP contribution in [0.5, 0.6) is 5.75 Å². The number of pyridine rings is 1. The highest BCUT2D eigenvalue weighted by atomic mass is 19.3. The molecule has 3 aromatic rings. The van der Waals surface area contributed by atoms with Crippen molar-refractivity contribution in [3.05, 3.63) is 47.9 Å². The Morgan fingerprint density at radius 1 is 1.27 bits per heavy atom. The van der Waals surface area contributed by atoms with Gasteiger partial charge in [-0.2, -0.15) is 8.78 Å². The summed E-state index contributed by atoms with van der Waals surface area (Å²) in [6.45, 7) is 3.69. The van der Waals surface area contributed by atoms with Crippen LogP contribution in [0.1, 0.15) is 37.7 Å². The number of ether oxygens (including phenoxy) is 1. The van der Waals surface area contributed by atoms with E-state index in [4.69, 9.17) is 0 Å². The van der Waals surface area contributed by atoms with E-state index in [-0.39, 0.29) is 23.7 Å². The van der Waals surface area contributed by atoms with Crippen LogP contribution in [-0.2, 0) is 4.79 Å². The number of fused-ring (bicyclic) bond motifs is 1. The van der Waals surface area contributed by atoms with E-state index in [0.717, 1.165) is 24.2 Å². The van der Waals surface area contributed by atoms with Crippen molar-refractivity contribution < 1.29 is 18.3 Å². The van der Waals surface area contributed by atoms with Gasteiger partial charge in [-0.05, 0) is 32.4 Å². The number of alkyl halides is 2. The first-order valence-corrected chi connectivity index (χ1v) is 10.8. The molecule has 0 unspecified atom stereocenters. The van der Waals surface area contributed by atoms with E-state index in [0.29, 0.717) is 29.3 Å². The number of para-hydroxylation sites is 1. The second-order valence-corrected chi connectivity index (χ2v) is 8.09. The Balaban J connectivity index is 1.63. The monoisotopic (exact) mass is 456 g/mol. The Labute approximate surface area is 190 Å². The maximum atomic E-state index is 12.8. The maximum absolute atomic E-state index is 12.8. The van der Waals surface area contributed by atoms with E-state index in [2.05, 4.69) is 35.2 Å². The van der Waals surface area contributed by atoms with Gasteiger partial charge in [0.1, 0.15) is 23.2 Å². The number of carbonyl (C=O) groups is 1. The average Bonchev–Trinajstić information content (AvgIpc) is 3.21. The predicted molar refractivity (Wildman–Crippen MR) is 122 cm³/mol. The molecular weight excluding hydrogens is 430 g/mol. The number of benzene rings is 1. The molecule has 1 saturated heterocycles. The third-order valence-electron chi connectivity index (χ3n) is 5.55. The summed E-state index contributed by atoms with van der Waals surface area (Å²) < 4.78 is 30.4. The Bertz CT molecular complexity index is 1160. The molecule has 2 aromatic heterocycles. The van der Waals surface area contributed by atoms with Gasteiger partial charge in [-0.25, -0.2) is 15.0 Å². The highest BCUT2D eigenvalue weighted by Gasteiger charge is 2.25. The summed E-state index contributed by atoms with van der Waals surface area (Å²) in [4.78, 5) is 27.1. The molecule has 1 aliphatic rings. The SMILES string of the molecule is CC(=O)N[C@@H]1CCN(c2cc3c(N[C@H](C)c4ccccc4OC(F)F)nc(C)nc3cn2)C1. The summed E-state index contributed by atoms with van der Waals surface area (Å²) in [5.74, 6) is 1.98. The zero-order chi connectivity index (χ0) is 23.5. The van der Waals surface area contributed by atoms with Crippen LogP contribution in [0, 0.1) is 6.92 Å². The number of amides is 1. The molecular formula is C23H26F2N6O2. The van der Waals surface area contributed by atoms with Gasteiger partial charge in [0.2, 0.25) is 5.91 Å². The number of hydrogen-bond acceptors (Lipinski definition) is 7. The van der Waals surface area contributed by atoms with Crippen molar-refractivity contribution in [3.63, 3.8) is 0 Å². The van der Waals surface area contributed by atoms with Crippen molar-refractivity contribution in [2.24, 2.45) is 0 Å². The van der Waals surface area contributed by atoms with E-state index >= 15 is 0 Å². The summed E-state index contributed by atoms with van der Waals surface area (Å²) in [5, 5.41) is 7.05. The molecule has 174 valence electrons. The minimum Gasteiger partial charge on any atom is -0.434 e. The summed E-state index contributed by atoms with van der Waals surface area (Å²) >= 11 is 0. The van der Waals surface area contributed by atoms with Gasteiger partial charge >= 0.3 is 6.61 Å². The normalized spacial score (nSPS) is 16.8. The summed E-state index contributed by atoms with van der Waals surface area (Å²) in [6, 6.07) is 8.33. The molecule has 1 aromatic carbocycles. The Kier molecular flexibility index (Phi) is 6.52.